The third kappa shape index (κ3) is 2.82. The number of amides is 1. The third-order valence-electron chi connectivity index (χ3n) is 1.95. The molecule has 0 bridgehead atoms. The molecule has 0 saturated heterocycles. The minimum Gasteiger partial charge on any atom is -0.392 e. The summed E-state index contributed by atoms with van der Waals surface area (Å²) in [5.74, 6) is -0.105. The summed E-state index contributed by atoms with van der Waals surface area (Å²) in [6, 6.07) is 1.87. The van der Waals surface area contributed by atoms with Gasteiger partial charge in [0.15, 0.2) is 0 Å². The Hall–Kier alpha value is -0.870. The highest BCUT2D eigenvalue weighted by molar-refractivity contribution is 7.14. The minimum atomic E-state index is -0.499. The molecule has 0 aliphatic carbocycles. The van der Waals surface area contributed by atoms with Crippen LogP contribution in [0.2, 0.25) is 0 Å². The Bertz CT molecular complexity index is 311. The van der Waals surface area contributed by atoms with Gasteiger partial charge in [0.25, 0.3) is 5.91 Å². The van der Waals surface area contributed by atoms with Crippen LogP contribution in [0, 0.1) is 13.8 Å². The van der Waals surface area contributed by atoms with Crippen LogP contribution in [0.3, 0.4) is 0 Å². The van der Waals surface area contributed by atoms with Gasteiger partial charge in [0.1, 0.15) is 0 Å². The first-order chi connectivity index (χ1) is 6.50. The van der Waals surface area contributed by atoms with E-state index in [4.69, 9.17) is 5.11 Å². The van der Waals surface area contributed by atoms with E-state index in [-0.39, 0.29) is 5.91 Å². The summed E-state index contributed by atoms with van der Waals surface area (Å²) in [5.41, 5.74) is 1.14. The van der Waals surface area contributed by atoms with Crippen molar-refractivity contribution in [3.63, 3.8) is 0 Å². The lowest BCUT2D eigenvalue weighted by atomic mass is 10.3. The standard InChI is InChI=1S/C10H15NO2S/c1-6-4-9(14-8(6)3)10(13)11-5-7(2)12/h4,7,12H,5H2,1-3H3,(H,11,13). The molecule has 1 atom stereocenters. The Morgan fingerprint density at radius 3 is 2.71 bits per heavy atom. The molecule has 3 nitrogen and oxygen atoms in total. The van der Waals surface area contributed by atoms with Crippen molar-refractivity contribution in [1.29, 1.82) is 0 Å². The number of hydrogen-bond donors (Lipinski definition) is 2. The molecule has 4 heteroatoms. The highest BCUT2D eigenvalue weighted by atomic mass is 32.1. The monoisotopic (exact) mass is 213 g/mol. The lowest BCUT2D eigenvalue weighted by Crippen LogP contribution is -2.29. The van der Waals surface area contributed by atoms with Crippen LogP contribution in [0.25, 0.3) is 0 Å². The van der Waals surface area contributed by atoms with Crippen molar-refractivity contribution in [1.82, 2.24) is 5.32 Å². The fourth-order valence-corrected chi connectivity index (χ4v) is 1.96. The molecule has 0 saturated carbocycles. The van der Waals surface area contributed by atoms with Gasteiger partial charge in [0.2, 0.25) is 0 Å². The van der Waals surface area contributed by atoms with Gasteiger partial charge in [0, 0.05) is 11.4 Å². The van der Waals surface area contributed by atoms with Gasteiger partial charge in [-0.25, -0.2) is 0 Å². The summed E-state index contributed by atoms with van der Waals surface area (Å²) in [5, 5.41) is 11.7. The second kappa shape index (κ2) is 4.57. The number of thiophene rings is 1. The Morgan fingerprint density at radius 2 is 2.29 bits per heavy atom. The van der Waals surface area contributed by atoms with Crippen molar-refractivity contribution in [3.05, 3.63) is 21.4 Å². The largest absolute Gasteiger partial charge is 0.392 e. The third-order valence-corrected chi connectivity index (χ3v) is 3.10. The molecular weight excluding hydrogens is 198 g/mol. The predicted octanol–water partition coefficient (Wildman–Crippen LogP) is 1.48. The summed E-state index contributed by atoms with van der Waals surface area (Å²) < 4.78 is 0. The van der Waals surface area contributed by atoms with Crippen molar-refractivity contribution in [3.8, 4) is 0 Å². The zero-order valence-corrected chi connectivity index (χ0v) is 9.44. The van der Waals surface area contributed by atoms with E-state index < -0.39 is 6.10 Å². The molecule has 1 aromatic heterocycles. The van der Waals surface area contributed by atoms with E-state index in [2.05, 4.69) is 5.32 Å². The molecule has 0 aliphatic heterocycles. The van der Waals surface area contributed by atoms with E-state index in [0.29, 0.717) is 11.4 Å². The quantitative estimate of drug-likeness (QED) is 0.799. The van der Waals surface area contributed by atoms with Crippen molar-refractivity contribution in [2.24, 2.45) is 0 Å². The molecule has 1 rings (SSSR count). The number of rotatable bonds is 3. The molecule has 14 heavy (non-hydrogen) atoms. The first-order valence-electron chi connectivity index (χ1n) is 4.54. The van der Waals surface area contributed by atoms with Gasteiger partial charge in [-0.2, -0.15) is 0 Å². The molecule has 1 unspecified atom stereocenters. The molecule has 0 aliphatic rings. The van der Waals surface area contributed by atoms with E-state index in [0.717, 1.165) is 10.4 Å². The number of aliphatic hydroxyl groups excluding tert-OH is 1. The molecule has 1 heterocycles. The lowest BCUT2D eigenvalue weighted by molar-refractivity contribution is 0.0928. The summed E-state index contributed by atoms with van der Waals surface area (Å²) in [6.07, 6.45) is -0.499. The Morgan fingerprint density at radius 1 is 1.64 bits per heavy atom. The molecule has 0 aromatic carbocycles. The highest BCUT2D eigenvalue weighted by Crippen LogP contribution is 2.20. The van der Waals surface area contributed by atoms with Gasteiger partial charge < -0.3 is 10.4 Å². The van der Waals surface area contributed by atoms with E-state index in [1.807, 2.05) is 19.9 Å². The zero-order valence-electron chi connectivity index (χ0n) is 8.63. The molecule has 78 valence electrons. The van der Waals surface area contributed by atoms with Gasteiger partial charge in [-0.05, 0) is 32.4 Å². The molecule has 2 N–H and O–H groups in total. The number of carbonyl (C=O) groups excluding carboxylic acids is 1. The summed E-state index contributed by atoms with van der Waals surface area (Å²) in [4.78, 5) is 13.4. The molecule has 1 amide bonds. The lowest BCUT2D eigenvalue weighted by Gasteiger charge is -2.04. The molecule has 0 radical (unpaired) electrons. The average molecular weight is 213 g/mol. The van der Waals surface area contributed by atoms with Gasteiger partial charge in [-0.1, -0.05) is 0 Å². The minimum absolute atomic E-state index is 0.105. The Kier molecular flexibility index (Phi) is 3.66. The van der Waals surface area contributed by atoms with Crippen LogP contribution in [-0.2, 0) is 0 Å². The van der Waals surface area contributed by atoms with Gasteiger partial charge in [-0.15, -0.1) is 11.3 Å². The molecule has 0 spiro atoms. The highest BCUT2D eigenvalue weighted by Gasteiger charge is 2.10. The Labute approximate surface area is 87.8 Å². The number of aliphatic hydroxyl groups is 1. The molecular formula is C10H15NO2S. The first-order valence-corrected chi connectivity index (χ1v) is 5.35. The summed E-state index contributed by atoms with van der Waals surface area (Å²) >= 11 is 1.48. The SMILES string of the molecule is Cc1cc(C(=O)NCC(C)O)sc1C. The molecule has 0 fully saturated rings. The van der Waals surface area contributed by atoms with Gasteiger partial charge in [-0.3, -0.25) is 4.79 Å². The summed E-state index contributed by atoms with van der Waals surface area (Å²) in [6.45, 7) is 5.92. The van der Waals surface area contributed by atoms with E-state index in [9.17, 15) is 4.79 Å². The van der Waals surface area contributed by atoms with Crippen molar-refractivity contribution in [2.45, 2.75) is 26.9 Å². The number of aryl methyl sites for hydroxylation is 2. The summed E-state index contributed by atoms with van der Waals surface area (Å²) in [7, 11) is 0. The van der Waals surface area contributed by atoms with Crippen LogP contribution < -0.4 is 5.32 Å². The van der Waals surface area contributed by atoms with Gasteiger partial charge in [0.05, 0.1) is 11.0 Å². The fraction of sp³-hybridized carbons (Fsp3) is 0.500. The maximum Gasteiger partial charge on any atom is 0.261 e. The smallest absolute Gasteiger partial charge is 0.261 e. The average Bonchev–Trinajstić information content (AvgIpc) is 2.43. The number of nitrogens with one attached hydrogen (secondary N) is 1. The number of carbonyl (C=O) groups is 1. The normalized spacial score (nSPS) is 12.6. The second-order valence-corrected chi connectivity index (χ2v) is 4.67. The zero-order chi connectivity index (χ0) is 10.7. The van der Waals surface area contributed by atoms with E-state index >= 15 is 0 Å². The maximum absolute atomic E-state index is 11.5. The van der Waals surface area contributed by atoms with Crippen molar-refractivity contribution in [2.75, 3.05) is 6.54 Å². The van der Waals surface area contributed by atoms with Gasteiger partial charge >= 0.3 is 0 Å². The van der Waals surface area contributed by atoms with Crippen LogP contribution >= 0.6 is 11.3 Å². The maximum atomic E-state index is 11.5. The second-order valence-electron chi connectivity index (χ2n) is 3.41. The topological polar surface area (TPSA) is 49.3 Å². The van der Waals surface area contributed by atoms with Crippen LogP contribution in [0.5, 0.6) is 0 Å². The first kappa shape index (κ1) is 11.2. The van der Waals surface area contributed by atoms with E-state index in [1.165, 1.54) is 11.3 Å². The fourth-order valence-electron chi connectivity index (χ4n) is 1.01. The van der Waals surface area contributed by atoms with Crippen LogP contribution in [0.15, 0.2) is 6.07 Å². The predicted molar refractivity (Wildman–Crippen MR) is 57.8 cm³/mol. The Balaban J connectivity index is 2.61. The van der Waals surface area contributed by atoms with E-state index in [1.54, 1.807) is 6.92 Å². The van der Waals surface area contributed by atoms with Crippen LogP contribution in [0.4, 0.5) is 0 Å². The van der Waals surface area contributed by atoms with Crippen LogP contribution in [-0.4, -0.2) is 23.7 Å². The molecule has 1 aromatic rings. The van der Waals surface area contributed by atoms with Crippen LogP contribution in [0.1, 0.15) is 27.0 Å². The van der Waals surface area contributed by atoms with Crippen molar-refractivity contribution >= 4 is 17.2 Å². The number of hydrogen-bond acceptors (Lipinski definition) is 3. The van der Waals surface area contributed by atoms with Crippen molar-refractivity contribution < 1.29 is 9.90 Å².